The molecule has 0 unspecified atom stereocenters. The van der Waals surface area contributed by atoms with Crippen LogP contribution in [0.15, 0.2) is 6.07 Å². The molecule has 146 valence electrons. The topological polar surface area (TPSA) is 118 Å². The van der Waals surface area contributed by atoms with Crippen molar-refractivity contribution in [3.05, 3.63) is 60.2 Å². The fourth-order valence-electron chi connectivity index (χ4n) is 1.15. The van der Waals surface area contributed by atoms with Gasteiger partial charge in [0.2, 0.25) is 0 Å². The first-order chi connectivity index (χ1) is 11.7. The van der Waals surface area contributed by atoms with Crippen LogP contribution in [-0.2, 0) is 26.7 Å². The number of aliphatic hydroxyl groups is 2. The van der Waals surface area contributed by atoms with Crippen LogP contribution in [0.3, 0.4) is 0 Å². The number of hydrogen-bond donors (Lipinski definition) is 4. The minimum absolute atomic E-state index is 0. The van der Waals surface area contributed by atoms with Gasteiger partial charge in [0.15, 0.2) is 12.2 Å². The van der Waals surface area contributed by atoms with Crippen molar-refractivity contribution in [1.82, 2.24) is 4.90 Å². The SMILES string of the molecule is C[C@@H]([c-]1[c-][c-][c-][c-]1)N(C)C.O=C(O)[C@H](O)[C@@H](O)C(=O)O.[Fe+2].[c-]1[c-][c-][cH-][c-]1. The Morgan fingerprint density at radius 2 is 1.31 bits per heavy atom. The number of carbonyl (C=O) groups is 2. The zero-order chi connectivity index (χ0) is 19.4. The van der Waals surface area contributed by atoms with Crippen molar-refractivity contribution < 1.29 is 47.1 Å². The van der Waals surface area contributed by atoms with Crippen molar-refractivity contribution in [2.75, 3.05) is 14.1 Å². The van der Waals surface area contributed by atoms with Gasteiger partial charge in [-0.1, -0.05) is 6.92 Å². The van der Waals surface area contributed by atoms with E-state index in [0.717, 1.165) is 5.56 Å². The monoisotopic (exact) mass is 399 g/mol. The first-order valence-electron chi connectivity index (χ1n) is 6.88. The predicted octanol–water partition coefficient (Wildman–Crippen LogP) is -0.290. The summed E-state index contributed by atoms with van der Waals surface area (Å²) in [4.78, 5) is 21.6. The Morgan fingerprint density at radius 3 is 1.54 bits per heavy atom. The molecule has 0 aliphatic heterocycles. The molecule has 8 heteroatoms. The third kappa shape index (κ3) is 10.8. The number of aliphatic hydroxyl groups excluding tert-OH is 2. The summed E-state index contributed by atoms with van der Waals surface area (Å²) in [6, 6.07) is 23.7. The minimum atomic E-state index is -2.27. The molecule has 0 heterocycles. The van der Waals surface area contributed by atoms with Crippen LogP contribution in [0.25, 0.3) is 0 Å². The van der Waals surface area contributed by atoms with Crippen LogP contribution in [0.2, 0.25) is 0 Å². The van der Waals surface area contributed by atoms with E-state index in [1.807, 2.05) is 14.1 Å². The molecule has 0 saturated carbocycles. The van der Waals surface area contributed by atoms with E-state index in [-0.39, 0.29) is 17.1 Å². The van der Waals surface area contributed by atoms with E-state index in [1.165, 1.54) is 0 Å². The first-order valence-corrected chi connectivity index (χ1v) is 6.88. The Labute approximate surface area is 163 Å². The summed E-state index contributed by atoms with van der Waals surface area (Å²) in [7, 11) is 4.05. The molecule has 0 aliphatic rings. The molecule has 0 radical (unpaired) electrons. The number of aliphatic carboxylic acids is 2. The quantitative estimate of drug-likeness (QED) is 0.403. The third-order valence-corrected chi connectivity index (χ3v) is 2.81. The number of rotatable bonds is 5. The normalized spacial score (nSPS) is 13.0. The summed E-state index contributed by atoms with van der Waals surface area (Å²) < 4.78 is 0. The second-order valence-corrected chi connectivity index (χ2v) is 4.80. The Balaban J connectivity index is 0. The predicted molar refractivity (Wildman–Crippen MR) is 84.1 cm³/mol. The van der Waals surface area contributed by atoms with E-state index in [4.69, 9.17) is 20.4 Å². The molecule has 0 saturated heterocycles. The Kier molecular flexibility index (Phi) is 14.4. The van der Waals surface area contributed by atoms with Crippen LogP contribution in [0.1, 0.15) is 18.5 Å². The van der Waals surface area contributed by atoms with Gasteiger partial charge in [-0.05, 0) is 14.1 Å². The number of nitrogens with zero attached hydrogens (tertiary/aromatic N) is 1. The van der Waals surface area contributed by atoms with Gasteiger partial charge in [0.05, 0.1) is 0 Å². The zero-order valence-electron chi connectivity index (χ0n) is 14.2. The van der Waals surface area contributed by atoms with Gasteiger partial charge in [-0.15, -0.1) is 0 Å². The van der Waals surface area contributed by atoms with Gasteiger partial charge < -0.3 is 85.5 Å². The maximum absolute atomic E-state index is 9.77. The summed E-state index contributed by atoms with van der Waals surface area (Å²) in [6.45, 7) is 2.10. The molecule has 3 atom stereocenters. The van der Waals surface area contributed by atoms with Gasteiger partial charge >= 0.3 is 29.0 Å². The molecule has 2 aromatic carbocycles. The van der Waals surface area contributed by atoms with Gasteiger partial charge in [-0.2, -0.15) is 6.04 Å². The van der Waals surface area contributed by atoms with Crippen molar-refractivity contribution in [3.63, 3.8) is 0 Å². The Bertz CT molecular complexity index is 548. The molecule has 0 aliphatic carbocycles. The molecule has 26 heavy (non-hydrogen) atoms. The molecular formula is C18H17FeNO6-8. The smallest absolute Gasteiger partial charge is 0.999 e. The summed E-state index contributed by atoms with van der Waals surface area (Å²) in [5.41, 5.74) is 1.03. The molecule has 0 bridgehead atoms. The molecule has 0 fully saturated rings. The zero-order valence-corrected chi connectivity index (χ0v) is 15.3. The second-order valence-electron chi connectivity index (χ2n) is 4.80. The van der Waals surface area contributed by atoms with Crippen molar-refractivity contribution >= 4 is 11.9 Å². The van der Waals surface area contributed by atoms with Crippen molar-refractivity contribution in [2.24, 2.45) is 0 Å². The van der Waals surface area contributed by atoms with Crippen LogP contribution in [0, 0.1) is 48.5 Å². The summed E-state index contributed by atoms with van der Waals surface area (Å²) in [6.07, 6.45) is -4.53. The van der Waals surface area contributed by atoms with Crippen molar-refractivity contribution in [3.8, 4) is 0 Å². The fourth-order valence-corrected chi connectivity index (χ4v) is 1.15. The first kappa shape index (κ1) is 26.3. The second kappa shape index (κ2) is 14.2. The molecule has 0 aromatic heterocycles. The summed E-state index contributed by atoms with van der Waals surface area (Å²) in [5, 5.41) is 32.5. The molecule has 0 spiro atoms. The van der Waals surface area contributed by atoms with Crippen LogP contribution < -0.4 is 0 Å². The fraction of sp³-hybridized carbons (Fsp3) is 0.333. The maximum atomic E-state index is 9.77. The Hall–Kier alpha value is -1.96. The standard InChI is InChI=1S/C9H10N.C5H.C4H6O6.Fe/c1-8(10(2)3)9-6-4-5-7-9;1-2-4-5-3-1;5-1(3(7)8)2(6)4(9)10;/h8H,1-3H3;1H;1-2,5-6H,(H,7,8)(H,9,10);/q2*-5;;+2/t8-;;1-,2-;/m0.1./s1. The van der Waals surface area contributed by atoms with Gasteiger partial charge in [0.25, 0.3) is 0 Å². The minimum Gasteiger partial charge on any atom is -0.999 e. The van der Waals surface area contributed by atoms with Crippen LogP contribution >= 0.6 is 0 Å². The van der Waals surface area contributed by atoms with E-state index in [2.05, 4.69) is 60.4 Å². The average molecular weight is 399 g/mol. The Morgan fingerprint density at radius 1 is 0.923 bits per heavy atom. The van der Waals surface area contributed by atoms with Gasteiger partial charge in [0, 0.05) is 0 Å². The summed E-state index contributed by atoms with van der Waals surface area (Å²) in [5.74, 6) is -3.54. The molecular weight excluding hydrogens is 382 g/mol. The van der Waals surface area contributed by atoms with E-state index in [0.29, 0.717) is 6.04 Å². The maximum Gasteiger partial charge on any atom is 2.00 e. The largest absolute Gasteiger partial charge is 2.00 e. The molecule has 4 N–H and O–H groups in total. The van der Waals surface area contributed by atoms with Crippen molar-refractivity contribution in [1.29, 1.82) is 0 Å². The van der Waals surface area contributed by atoms with Gasteiger partial charge in [-0.3, -0.25) is 0 Å². The number of carboxylic acids is 2. The van der Waals surface area contributed by atoms with Gasteiger partial charge in [-0.25, -0.2) is 9.59 Å². The molecule has 2 rings (SSSR count). The van der Waals surface area contributed by atoms with E-state index in [1.54, 1.807) is 6.07 Å². The summed E-state index contributed by atoms with van der Waals surface area (Å²) >= 11 is 0. The van der Waals surface area contributed by atoms with Crippen LogP contribution in [0.5, 0.6) is 0 Å². The van der Waals surface area contributed by atoms with Crippen molar-refractivity contribution in [2.45, 2.75) is 25.2 Å². The molecule has 7 nitrogen and oxygen atoms in total. The molecule has 2 aromatic rings. The number of hydrogen-bond acceptors (Lipinski definition) is 5. The third-order valence-electron chi connectivity index (χ3n) is 2.81. The number of carboxylic acid groups (broad SMARTS) is 2. The van der Waals surface area contributed by atoms with E-state index >= 15 is 0 Å². The van der Waals surface area contributed by atoms with Crippen LogP contribution in [0.4, 0.5) is 0 Å². The van der Waals surface area contributed by atoms with Gasteiger partial charge in [0.1, 0.15) is 0 Å². The average Bonchev–Trinajstić information content (AvgIpc) is 3.28. The van der Waals surface area contributed by atoms with E-state index in [9.17, 15) is 9.59 Å². The molecule has 0 amide bonds. The van der Waals surface area contributed by atoms with Crippen LogP contribution in [-0.4, -0.2) is 63.6 Å². The van der Waals surface area contributed by atoms with E-state index < -0.39 is 24.1 Å².